The van der Waals surface area contributed by atoms with Crippen LogP contribution in [0, 0.1) is 0 Å². The van der Waals surface area contributed by atoms with Gasteiger partial charge in [-0.1, -0.05) is 0 Å². The summed E-state index contributed by atoms with van der Waals surface area (Å²) in [7, 11) is 2.16. The Hall–Kier alpha value is -1.61. The summed E-state index contributed by atoms with van der Waals surface area (Å²) in [4.78, 5) is 44.2. The van der Waals surface area contributed by atoms with Gasteiger partial charge in [-0.3, -0.25) is 14.4 Å². The molecule has 0 spiro atoms. The number of esters is 2. The van der Waals surface area contributed by atoms with Gasteiger partial charge in [0.05, 0.1) is 14.2 Å². The summed E-state index contributed by atoms with van der Waals surface area (Å²) in [5.74, 6) is -4.02. The number of thioether (sulfide) groups is 1. The fourth-order valence-corrected chi connectivity index (χ4v) is 2.08. The number of ketones is 1. The van der Waals surface area contributed by atoms with Crippen LogP contribution in [0.25, 0.3) is 0 Å². The Labute approximate surface area is 113 Å². The molecule has 0 aromatic carbocycles. The lowest BCUT2D eigenvalue weighted by Crippen LogP contribution is -2.35. The summed E-state index contributed by atoms with van der Waals surface area (Å²) >= 11 is 0.838. The molecule has 0 aliphatic rings. The fourth-order valence-electron chi connectivity index (χ4n) is 0.998. The second-order valence-electron chi connectivity index (χ2n) is 3.41. The van der Waals surface area contributed by atoms with Crippen LogP contribution in [0.3, 0.4) is 0 Å². The highest BCUT2D eigenvalue weighted by Gasteiger charge is 2.28. The number of methoxy groups -OCH3 is 2. The Morgan fingerprint density at radius 1 is 1.21 bits per heavy atom. The molecule has 0 aromatic heterocycles. The maximum Gasteiger partial charge on any atom is 0.374 e. The molecule has 1 unspecified atom stereocenters. The molecule has 19 heavy (non-hydrogen) atoms. The van der Waals surface area contributed by atoms with Gasteiger partial charge in [-0.15, -0.1) is 11.8 Å². The van der Waals surface area contributed by atoms with E-state index in [1.165, 1.54) is 0 Å². The topological polar surface area (TPSA) is 133 Å². The van der Waals surface area contributed by atoms with E-state index in [9.17, 15) is 19.2 Å². The highest BCUT2D eigenvalue weighted by Crippen LogP contribution is 2.18. The van der Waals surface area contributed by atoms with Crippen molar-refractivity contribution < 1.29 is 33.8 Å². The highest BCUT2D eigenvalue weighted by molar-refractivity contribution is 8.00. The maximum absolute atomic E-state index is 11.4. The lowest BCUT2D eigenvalue weighted by atomic mass is 10.2. The normalized spacial score (nSPS) is 13.2. The van der Waals surface area contributed by atoms with E-state index in [0.29, 0.717) is 0 Å². The summed E-state index contributed by atoms with van der Waals surface area (Å²) in [6.45, 7) is 0. The molecule has 0 bridgehead atoms. The first-order valence-corrected chi connectivity index (χ1v) is 6.17. The first-order chi connectivity index (χ1) is 8.83. The van der Waals surface area contributed by atoms with Gasteiger partial charge >= 0.3 is 17.9 Å². The third kappa shape index (κ3) is 6.20. The number of Topliss-reactive ketones (excluding diaryl/α,β-unsaturated/α-hetero) is 1. The quantitative estimate of drug-likeness (QED) is 0.418. The van der Waals surface area contributed by atoms with Crippen LogP contribution in [0.15, 0.2) is 0 Å². The molecule has 0 aliphatic carbocycles. The van der Waals surface area contributed by atoms with Gasteiger partial charge in [-0.2, -0.15) is 0 Å². The van der Waals surface area contributed by atoms with Crippen LogP contribution in [0.5, 0.6) is 0 Å². The third-order valence-electron chi connectivity index (χ3n) is 2.04. The zero-order chi connectivity index (χ0) is 15.0. The number of carbonyl (C=O) groups excluding carboxylic acids is 3. The van der Waals surface area contributed by atoms with Gasteiger partial charge in [-0.05, 0) is 0 Å². The number of ether oxygens (including phenoxy) is 2. The molecule has 0 saturated heterocycles. The lowest BCUT2D eigenvalue weighted by molar-refractivity contribution is -0.152. The summed E-state index contributed by atoms with van der Waals surface area (Å²) in [6, 6.07) is -1.18. The predicted octanol–water partition coefficient (Wildman–Crippen LogP) is -1.19. The molecule has 2 atom stereocenters. The van der Waals surface area contributed by atoms with E-state index in [-0.39, 0.29) is 5.75 Å². The van der Waals surface area contributed by atoms with Crippen molar-refractivity contribution in [2.75, 3.05) is 20.0 Å². The predicted molar refractivity (Wildman–Crippen MR) is 65.5 cm³/mol. The van der Waals surface area contributed by atoms with E-state index < -0.39 is 41.4 Å². The van der Waals surface area contributed by atoms with Crippen LogP contribution in [-0.2, 0) is 28.7 Å². The molecule has 0 fully saturated rings. The van der Waals surface area contributed by atoms with Gasteiger partial charge in [0.1, 0.15) is 11.3 Å². The molecule has 0 saturated carbocycles. The van der Waals surface area contributed by atoms with Gasteiger partial charge in [-0.25, -0.2) is 4.79 Å². The molecule has 9 heteroatoms. The number of hydrogen-bond donors (Lipinski definition) is 2. The number of nitrogens with two attached hydrogens (primary N) is 1. The van der Waals surface area contributed by atoms with Crippen LogP contribution >= 0.6 is 11.8 Å². The molecule has 108 valence electrons. The molecule has 0 radical (unpaired) electrons. The van der Waals surface area contributed by atoms with E-state index in [1.54, 1.807) is 0 Å². The average Bonchev–Trinajstić information content (AvgIpc) is 2.40. The fraction of sp³-hybridized carbons (Fsp3) is 0.600. The largest absolute Gasteiger partial charge is 0.480 e. The first-order valence-electron chi connectivity index (χ1n) is 5.12. The van der Waals surface area contributed by atoms with Crippen molar-refractivity contribution in [2.45, 2.75) is 17.7 Å². The minimum atomic E-state index is -1.23. The van der Waals surface area contributed by atoms with Crippen LogP contribution in [0.1, 0.15) is 6.42 Å². The highest BCUT2D eigenvalue weighted by atomic mass is 32.2. The zero-order valence-corrected chi connectivity index (χ0v) is 11.3. The minimum absolute atomic E-state index is 0.0937. The molecule has 0 aromatic rings. The molecule has 0 amide bonds. The molecular weight excluding hydrogens is 278 g/mol. The van der Waals surface area contributed by atoms with Crippen molar-refractivity contribution in [3.8, 4) is 0 Å². The van der Waals surface area contributed by atoms with Gasteiger partial charge in [0.2, 0.25) is 5.78 Å². The number of carboxylic acid groups (broad SMARTS) is 1. The number of aliphatic carboxylic acids is 1. The molecule has 0 heterocycles. The van der Waals surface area contributed by atoms with Crippen molar-refractivity contribution >= 4 is 35.5 Å². The van der Waals surface area contributed by atoms with Crippen LogP contribution in [0.4, 0.5) is 0 Å². The lowest BCUT2D eigenvalue weighted by Gasteiger charge is -2.14. The van der Waals surface area contributed by atoms with Gasteiger partial charge in [0, 0.05) is 12.2 Å². The third-order valence-corrected chi connectivity index (χ3v) is 3.36. The summed E-state index contributed by atoms with van der Waals surface area (Å²) in [5, 5.41) is 7.61. The molecule has 0 aliphatic heterocycles. The summed E-state index contributed by atoms with van der Waals surface area (Å²) in [5.41, 5.74) is 5.27. The van der Waals surface area contributed by atoms with Crippen molar-refractivity contribution in [3.63, 3.8) is 0 Å². The second kappa shape index (κ2) is 8.48. The monoisotopic (exact) mass is 293 g/mol. The summed E-state index contributed by atoms with van der Waals surface area (Å²) in [6.07, 6.45) is -0.434. The smallest absolute Gasteiger partial charge is 0.374 e. The van der Waals surface area contributed by atoms with E-state index in [2.05, 4.69) is 9.47 Å². The van der Waals surface area contributed by atoms with Gasteiger partial charge < -0.3 is 20.3 Å². The Kier molecular flexibility index (Phi) is 7.77. The number of rotatable bonds is 8. The first kappa shape index (κ1) is 17.4. The van der Waals surface area contributed by atoms with Crippen LogP contribution in [0.2, 0.25) is 0 Å². The zero-order valence-electron chi connectivity index (χ0n) is 10.5. The summed E-state index contributed by atoms with van der Waals surface area (Å²) < 4.78 is 8.69. The standard InChI is InChI=1S/C10H15NO7S/c1-17-9(15)6(12)3-7(10(16)18-2)19-4-5(11)8(13)14/h5,7H,3-4,11H2,1-2H3,(H,13,14)/t5-,7?/m0/s1. The van der Waals surface area contributed by atoms with Crippen molar-refractivity contribution in [2.24, 2.45) is 5.73 Å². The number of hydrogen-bond acceptors (Lipinski definition) is 8. The van der Waals surface area contributed by atoms with E-state index >= 15 is 0 Å². The van der Waals surface area contributed by atoms with E-state index in [1.807, 2.05) is 0 Å². The van der Waals surface area contributed by atoms with E-state index in [0.717, 1.165) is 26.0 Å². The second-order valence-corrected chi connectivity index (χ2v) is 4.64. The van der Waals surface area contributed by atoms with Crippen LogP contribution < -0.4 is 5.73 Å². The molecule has 8 nitrogen and oxygen atoms in total. The van der Waals surface area contributed by atoms with Crippen molar-refractivity contribution in [3.05, 3.63) is 0 Å². The van der Waals surface area contributed by atoms with Gasteiger partial charge in [0.15, 0.2) is 0 Å². The van der Waals surface area contributed by atoms with Crippen molar-refractivity contribution in [1.82, 2.24) is 0 Å². The van der Waals surface area contributed by atoms with Crippen LogP contribution in [-0.4, -0.2) is 60.1 Å². The molecular formula is C10H15NO7S. The van der Waals surface area contributed by atoms with Crippen molar-refractivity contribution in [1.29, 1.82) is 0 Å². The Bertz CT molecular complexity index is 371. The number of carboxylic acids is 1. The number of carbonyl (C=O) groups is 4. The van der Waals surface area contributed by atoms with Gasteiger partial charge in [0.25, 0.3) is 0 Å². The Morgan fingerprint density at radius 3 is 2.21 bits per heavy atom. The van der Waals surface area contributed by atoms with E-state index in [4.69, 9.17) is 10.8 Å². The Balaban J connectivity index is 4.56. The Morgan fingerprint density at radius 2 is 1.79 bits per heavy atom. The molecule has 3 N–H and O–H groups in total. The molecule has 0 rings (SSSR count). The maximum atomic E-state index is 11.4. The average molecular weight is 293 g/mol. The minimum Gasteiger partial charge on any atom is -0.480 e. The SMILES string of the molecule is COC(=O)C(=O)CC(SC[C@H](N)C(=O)O)C(=O)OC.